The molecule has 0 unspecified atom stereocenters. The van der Waals surface area contributed by atoms with Gasteiger partial charge in [0.15, 0.2) is 0 Å². The van der Waals surface area contributed by atoms with E-state index < -0.39 is 12.1 Å². The summed E-state index contributed by atoms with van der Waals surface area (Å²) in [6, 6.07) is -0.164. The summed E-state index contributed by atoms with van der Waals surface area (Å²) in [5.74, 6) is -1.44. The summed E-state index contributed by atoms with van der Waals surface area (Å²) < 4.78 is 37.7. The Bertz CT molecular complexity index is 490. The van der Waals surface area contributed by atoms with E-state index in [0.29, 0.717) is 23.4 Å². The predicted molar refractivity (Wildman–Crippen MR) is 70.9 cm³/mol. The van der Waals surface area contributed by atoms with Crippen LogP contribution in [0.5, 0.6) is 0 Å². The third-order valence-electron chi connectivity index (χ3n) is 3.64. The van der Waals surface area contributed by atoms with Crippen molar-refractivity contribution in [2.75, 3.05) is 0 Å². The molecule has 1 saturated carbocycles. The summed E-state index contributed by atoms with van der Waals surface area (Å²) in [5.41, 5.74) is 0.675. The second-order valence-corrected chi connectivity index (χ2v) is 6.41. The van der Waals surface area contributed by atoms with Crippen LogP contribution in [0, 0.1) is 19.8 Å². The maximum atomic E-state index is 12.6. The minimum Gasteiger partial charge on any atom is -0.349 e. The number of nitrogens with zero attached hydrogens (tertiary/aromatic N) is 1. The highest BCUT2D eigenvalue weighted by atomic mass is 32.1. The van der Waals surface area contributed by atoms with Crippen LogP contribution in [-0.2, 0) is 0 Å². The number of nitrogens with one attached hydrogen (secondary N) is 1. The molecule has 0 atom stereocenters. The van der Waals surface area contributed by atoms with E-state index in [0.717, 1.165) is 5.01 Å². The van der Waals surface area contributed by atoms with Crippen molar-refractivity contribution in [3.63, 3.8) is 0 Å². The molecule has 2 rings (SSSR count). The number of aromatic nitrogens is 1. The highest BCUT2D eigenvalue weighted by molar-refractivity contribution is 7.13. The first kappa shape index (κ1) is 15.3. The summed E-state index contributed by atoms with van der Waals surface area (Å²) in [4.78, 5) is 16.8. The first-order valence-electron chi connectivity index (χ1n) is 6.59. The van der Waals surface area contributed by atoms with E-state index in [1.807, 2.05) is 6.92 Å². The van der Waals surface area contributed by atoms with E-state index in [2.05, 4.69) is 10.3 Å². The van der Waals surface area contributed by atoms with E-state index in [-0.39, 0.29) is 24.8 Å². The summed E-state index contributed by atoms with van der Waals surface area (Å²) >= 11 is 1.31. The van der Waals surface area contributed by atoms with Crippen LogP contribution < -0.4 is 5.32 Å². The van der Waals surface area contributed by atoms with Crippen LogP contribution >= 0.6 is 11.3 Å². The van der Waals surface area contributed by atoms with E-state index >= 15 is 0 Å². The Morgan fingerprint density at radius 2 is 1.85 bits per heavy atom. The number of amides is 1. The maximum Gasteiger partial charge on any atom is 0.391 e. The van der Waals surface area contributed by atoms with Gasteiger partial charge in [-0.3, -0.25) is 4.79 Å². The lowest BCUT2D eigenvalue weighted by molar-refractivity contribution is -0.182. The van der Waals surface area contributed by atoms with Crippen molar-refractivity contribution in [1.82, 2.24) is 10.3 Å². The lowest BCUT2D eigenvalue weighted by atomic mass is 9.85. The Balaban J connectivity index is 1.90. The third kappa shape index (κ3) is 3.50. The fourth-order valence-corrected chi connectivity index (χ4v) is 3.38. The minimum absolute atomic E-state index is 0.0924. The molecule has 3 nitrogen and oxygen atoms in total. The van der Waals surface area contributed by atoms with Gasteiger partial charge in [-0.1, -0.05) is 0 Å². The molecule has 0 aliphatic heterocycles. The van der Waals surface area contributed by atoms with Crippen LogP contribution in [0.2, 0.25) is 0 Å². The lowest BCUT2D eigenvalue weighted by Gasteiger charge is -2.30. The van der Waals surface area contributed by atoms with Crippen molar-refractivity contribution in [3.05, 3.63) is 15.6 Å². The molecule has 1 aromatic rings. The molecule has 0 aromatic carbocycles. The number of carbonyl (C=O) groups excluding carboxylic acids is 1. The fraction of sp³-hybridized carbons (Fsp3) is 0.692. The Morgan fingerprint density at radius 3 is 2.30 bits per heavy atom. The van der Waals surface area contributed by atoms with Crippen LogP contribution in [0.25, 0.3) is 0 Å². The summed E-state index contributed by atoms with van der Waals surface area (Å²) in [6.07, 6.45) is -3.16. The smallest absolute Gasteiger partial charge is 0.349 e. The molecule has 0 bridgehead atoms. The van der Waals surface area contributed by atoms with Crippen molar-refractivity contribution in [2.24, 2.45) is 5.92 Å². The third-order valence-corrected chi connectivity index (χ3v) is 4.71. The minimum atomic E-state index is -4.11. The van der Waals surface area contributed by atoms with E-state index in [4.69, 9.17) is 0 Å². The van der Waals surface area contributed by atoms with Crippen molar-refractivity contribution in [3.8, 4) is 0 Å². The quantitative estimate of drug-likeness (QED) is 0.907. The van der Waals surface area contributed by atoms with Gasteiger partial charge in [-0.05, 0) is 39.5 Å². The van der Waals surface area contributed by atoms with Gasteiger partial charge in [0.2, 0.25) is 0 Å². The first-order chi connectivity index (χ1) is 9.27. The molecule has 1 amide bonds. The monoisotopic (exact) mass is 306 g/mol. The molecule has 20 heavy (non-hydrogen) atoms. The molecule has 1 N–H and O–H groups in total. The van der Waals surface area contributed by atoms with Gasteiger partial charge in [0.1, 0.15) is 4.88 Å². The molecular weight excluding hydrogens is 289 g/mol. The Morgan fingerprint density at radius 1 is 1.25 bits per heavy atom. The van der Waals surface area contributed by atoms with Crippen LogP contribution in [0.15, 0.2) is 0 Å². The van der Waals surface area contributed by atoms with Gasteiger partial charge in [0.25, 0.3) is 5.91 Å². The van der Waals surface area contributed by atoms with Gasteiger partial charge in [0.05, 0.1) is 16.6 Å². The number of alkyl halides is 3. The van der Waals surface area contributed by atoms with Gasteiger partial charge in [-0.15, -0.1) is 11.3 Å². The van der Waals surface area contributed by atoms with Gasteiger partial charge in [0, 0.05) is 6.04 Å². The van der Waals surface area contributed by atoms with E-state index in [9.17, 15) is 18.0 Å². The topological polar surface area (TPSA) is 42.0 Å². The largest absolute Gasteiger partial charge is 0.391 e. The average Bonchev–Trinajstić information content (AvgIpc) is 2.68. The van der Waals surface area contributed by atoms with Gasteiger partial charge in [-0.25, -0.2) is 4.98 Å². The number of halogens is 3. The number of thiazole rings is 1. The van der Waals surface area contributed by atoms with Crippen LogP contribution in [-0.4, -0.2) is 23.1 Å². The number of rotatable bonds is 2. The predicted octanol–water partition coefficient (Wildman–Crippen LogP) is 3.61. The highest BCUT2D eigenvalue weighted by Crippen LogP contribution is 2.37. The molecule has 112 valence electrons. The maximum absolute atomic E-state index is 12.6. The van der Waals surface area contributed by atoms with Crippen LogP contribution in [0.1, 0.15) is 46.1 Å². The van der Waals surface area contributed by atoms with Gasteiger partial charge < -0.3 is 5.32 Å². The summed E-state index contributed by atoms with van der Waals surface area (Å²) in [6.45, 7) is 3.59. The van der Waals surface area contributed by atoms with Crippen LogP contribution in [0.4, 0.5) is 13.2 Å². The lowest BCUT2D eigenvalue weighted by Crippen LogP contribution is -2.40. The number of aryl methyl sites for hydroxylation is 2. The molecule has 0 spiro atoms. The summed E-state index contributed by atoms with van der Waals surface area (Å²) in [7, 11) is 0. The van der Waals surface area contributed by atoms with Gasteiger partial charge >= 0.3 is 6.18 Å². The standard InChI is InChI=1S/C13H17F3N2OS/c1-7-11(20-8(2)17-7)12(19)18-10-5-3-9(4-6-10)13(14,15)16/h9-10H,3-6H2,1-2H3,(H,18,19). The number of hydrogen-bond acceptors (Lipinski definition) is 3. The molecule has 1 aliphatic rings. The van der Waals surface area contributed by atoms with Crippen molar-refractivity contribution >= 4 is 17.2 Å². The van der Waals surface area contributed by atoms with Crippen molar-refractivity contribution in [2.45, 2.75) is 51.7 Å². The summed E-state index contributed by atoms with van der Waals surface area (Å²) in [5, 5.41) is 3.64. The van der Waals surface area contributed by atoms with E-state index in [1.165, 1.54) is 11.3 Å². The van der Waals surface area contributed by atoms with Gasteiger partial charge in [-0.2, -0.15) is 13.2 Å². The zero-order valence-corrected chi connectivity index (χ0v) is 12.2. The zero-order chi connectivity index (χ0) is 14.9. The Kier molecular flexibility index (Phi) is 4.36. The molecule has 1 heterocycles. The fourth-order valence-electron chi connectivity index (χ4n) is 2.56. The second kappa shape index (κ2) is 5.71. The molecule has 1 aromatic heterocycles. The molecule has 0 radical (unpaired) electrons. The van der Waals surface area contributed by atoms with Crippen LogP contribution in [0.3, 0.4) is 0 Å². The molecule has 1 aliphatic carbocycles. The molecule has 7 heteroatoms. The highest BCUT2D eigenvalue weighted by Gasteiger charge is 2.41. The Hall–Kier alpha value is -1.11. The SMILES string of the molecule is Cc1nc(C)c(C(=O)NC2CCC(C(F)(F)F)CC2)s1. The number of hydrogen-bond donors (Lipinski definition) is 1. The zero-order valence-electron chi connectivity index (χ0n) is 11.4. The molecule has 0 saturated heterocycles. The first-order valence-corrected chi connectivity index (χ1v) is 7.40. The Labute approximate surface area is 119 Å². The average molecular weight is 306 g/mol. The second-order valence-electron chi connectivity index (χ2n) is 5.21. The molecule has 1 fully saturated rings. The van der Waals surface area contributed by atoms with Crippen molar-refractivity contribution < 1.29 is 18.0 Å². The molecular formula is C13H17F3N2OS. The van der Waals surface area contributed by atoms with Crippen molar-refractivity contribution in [1.29, 1.82) is 0 Å². The van der Waals surface area contributed by atoms with E-state index in [1.54, 1.807) is 6.92 Å². The number of carbonyl (C=O) groups is 1. The normalized spacial score (nSPS) is 23.6.